The van der Waals surface area contributed by atoms with E-state index in [9.17, 15) is 4.79 Å². The Balaban J connectivity index is 2.16. The molecule has 0 fully saturated rings. The van der Waals surface area contributed by atoms with Gasteiger partial charge in [0.15, 0.2) is 0 Å². The molecule has 0 aliphatic carbocycles. The number of hydrogen-bond acceptors (Lipinski definition) is 5. The number of amides is 2. The molecular formula is C19H26ClN3O3S. The molecule has 27 heavy (non-hydrogen) atoms. The molecule has 0 saturated heterocycles. The van der Waals surface area contributed by atoms with E-state index in [1.54, 1.807) is 22.4 Å². The Labute approximate surface area is 169 Å². The maximum Gasteiger partial charge on any atom is 0.318 e. The third kappa shape index (κ3) is 6.37. The van der Waals surface area contributed by atoms with Crippen LogP contribution in [0.5, 0.6) is 5.75 Å². The lowest BCUT2D eigenvalue weighted by molar-refractivity contribution is 0.176. The highest BCUT2D eigenvalue weighted by Gasteiger charge is 2.20. The van der Waals surface area contributed by atoms with Gasteiger partial charge in [-0.15, -0.1) is 11.3 Å². The van der Waals surface area contributed by atoms with Gasteiger partial charge in [-0.3, -0.25) is 0 Å². The van der Waals surface area contributed by atoms with Gasteiger partial charge in [-0.2, -0.15) is 0 Å². The van der Waals surface area contributed by atoms with Crippen LogP contribution in [0.2, 0.25) is 5.02 Å². The average molecular weight is 412 g/mol. The number of rotatable bonds is 8. The molecule has 6 nitrogen and oxygen atoms in total. The van der Waals surface area contributed by atoms with Crippen molar-refractivity contribution in [2.75, 3.05) is 0 Å². The van der Waals surface area contributed by atoms with Crippen LogP contribution in [0.15, 0.2) is 23.6 Å². The number of halogens is 1. The summed E-state index contributed by atoms with van der Waals surface area (Å²) in [6.07, 6.45) is 0. The van der Waals surface area contributed by atoms with Crippen LogP contribution in [-0.4, -0.2) is 33.1 Å². The topological polar surface area (TPSA) is 74.7 Å². The number of nitrogens with one attached hydrogen (secondary N) is 1. The molecule has 0 unspecified atom stereocenters. The first kappa shape index (κ1) is 21.5. The van der Waals surface area contributed by atoms with Crippen molar-refractivity contribution in [1.82, 2.24) is 15.2 Å². The van der Waals surface area contributed by atoms with E-state index in [2.05, 4.69) is 10.3 Å². The fourth-order valence-corrected chi connectivity index (χ4v) is 3.33. The number of carbonyl (C=O) groups is 1. The number of benzene rings is 1. The van der Waals surface area contributed by atoms with E-state index < -0.39 is 0 Å². The number of aliphatic hydroxyl groups excluding tert-OH is 1. The molecule has 1 aromatic carbocycles. The van der Waals surface area contributed by atoms with Crippen molar-refractivity contribution < 1.29 is 14.6 Å². The summed E-state index contributed by atoms with van der Waals surface area (Å²) in [4.78, 5) is 18.5. The minimum Gasteiger partial charge on any atom is -0.486 e. The molecule has 0 aliphatic rings. The molecule has 0 saturated carbocycles. The van der Waals surface area contributed by atoms with Crippen molar-refractivity contribution in [3.05, 3.63) is 44.9 Å². The molecule has 148 valence electrons. The van der Waals surface area contributed by atoms with Crippen molar-refractivity contribution in [2.24, 2.45) is 0 Å². The molecule has 8 heteroatoms. The fourth-order valence-electron chi connectivity index (χ4n) is 2.44. The van der Waals surface area contributed by atoms with E-state index in [4.69, 9.17) is 21.4 Å². The maximum absolute atomic E-state index is 12.5. The summed E-state index contributed by atoms with van der Waals surface area (Å²) in [6, 6.07) is 5.32. The van der Waals surface area contributed by atoms with E-state index in [-0.39, 0.29) is 24.7 Å². The van der Waals surface area contributed by atoms with E-state index in [1.165, 1.54) is 11.3 Å². The lowest BCUT2D eigenvalue weighted by atomic mass is 10.1. The zero-order chi connectivity index (χ0) is 20.0. The number of hydrogen-bond donors (Lipinski definition) is 2. The summed E-state index contributed by atoms with van der Waals surface area (Å²) < 4.78 is 5.93. The van der Waals surface area contributed by atoms with Crippen LogP contribution in [0.3, 0.4) is 0 Å². The van der Waals surface area contributed by atoms with Crippen LogP contribution >= 0.6 is 22.9 Å². The Kier molecular flexibility index (Phi) is 7.89. The highest BCUT2D eigenvalue weighted by Crippen LogP contribution is 2.26. The Morgan fingerprint density at radius 3 is 2.70 bits per heavy atom. The van der Waals surface area contributed by atoms with Crippen molar-refractivity contribution in [3.63, 3.8) is 0 Å². The molecule has 0 aliphatic heterocycles. The van der Waals surface area contributed by atoms with Gasteiger partial charge in [-0.25, -0.2) is 9.78 Å². The average Bonchev–Trinajstić information content (AvgIpc) is 3.06. The molecule has 0 spiro atoms. The number of nitrogens with zero attached hydrogens (tertiary/aromatic N) is 2. The van der Waals surface area contributed by atoms with Crippen LogP contribution in [-0.2, 0) is 19.8 Å². The van der Waals surface area contributed by atoms with Gasteiger partial charge in [0, 0.05) is 28.0 Å². The molecular weight excluding hydrogens is 386 g/mol. The van der Waals surface area contributed by atoms with Crippen LogP contribution in [0.4, 0.5) is 4.79 Å². The lowest BCUT2D eigenvalue weighted by Gasteiger charge is -2.28. The lowest BCUT2D eigenvalue weighted by Crippen LogP contribution is -2.45. The first-order chi connectivity index (χ1) is 12.8. The monoisotopic (exact) mass is 411 g/mol. The predicted octanol–water partition coefficient (Wildman–Crippen LogP) is 4.20. The molecule has 2 aromatic rings. The normalized spacial score (nSPS) is 11.1. The summed E-state index contributed by atoms with van der Waals surface area (Å²) in [5.41, 5.74) is 1.46. The van der Waals surface area contributed by atoms with Gasteiger partial charge in [0.05, 0.1) is 18.8 Å². The van der Waals surface area contributed by atoms with Crippen LogP contribution in [0, 0.1) is 0 Å². The SMILES string of the molecule is CC(C)NC(=O)N(Cc1cc(Cl)ccc1OCc1nc(CO)cs1)C(C)C. The Hall–Kier alpha value is -1.83. The van der Waals surface area contributed by atoms with Crippen molar-refractivity contribution in [2.45, 2.75) is 59.5 Å². The van der Waals surface area contributed by atoms with Gasteiger partial charge in [-0.05, 0) is 45.9 Å². The number of carbonyl (C=O) groups excluding carboxylic acids is 1. The van der Waals surface area contributed by atoms with E-state index in [0.717, 1.165) is 10.6 Å². The number of aromatic nitrogens is 1. The molecule has 0 atom stereocenters. The second kappa shape index (κ2) is 9.92. The number of ether oxygens (including phenoxy) is 1. The van der Waals surface area contributed by atoms with Gasteiger partial charge in [0.1, 0.15) is 17.4 Å². The minimum atomic E-state index is -0.126. The first-order valence-electron chi connectivity index (χ1n) is 8.82. The predicted molar refractivity (Wildman–Crippen MR) is 108 cm³/mol. The number of urea groups is 1. The van der Waals surface area contributed by atoms with Gasteiger partial charge in [0.2, 0.25) is 0 Å². The minimum absolute atomic E-state index is 0.0154. The highest BCUT2D eigenvalue weighted by atomic mass is 35.5. The summed E-state index contributed by atoms with van der Waals surface area (Å²) in [7, 11) is 0. The van der Waals surface area contributed by atoms with Crippen LogP contribution in [0.1, 0.15) is 44.0 Å². The third-order valence-corrected chi connectivity index (χ3v) is 4.88. The van der Waals surface area contributed by atoms with Gasteiger partial charge in [-0.1, -0.05) is 11.6 Å². The van der Waals surface area contributed by atoms with E-state index >= 15 is 0 Å². The number of thiazole rings is 1. The standard InChI is InChI=1S/C19H26ClN3O3S/c1-12(2)21-19(25)23(13(3)4)8-14-7-15(20)5-6-17(14)26-10-18-22-16(9-24)11-27-18/h5-7,11-13,24H,8-10H2,1-4H3,(H,21,25). The zero-order valence-corrected chi connectivity index (χ0v) is 17.6. The zero-order valence-electron chi connectivity index (χ0n) is 16.0. The quantitative estimate of drug-likeness (QED) is 0.682. The highest BCUT2D eigenvalue weighted by molar-refractivity contribution is 7.09. The van der Waals surface area contributed by atoms with Crippen molar-refractivity contribution >= 4 is 29.0 Å². The Bertz CT molecular complexity index is 764. The first-order valence-corrected chi connectivity index (χ1v) is 10.1. The Morgan fingerprint density at radius 1 is 1.37 bits per heavy atom. The summed E-state index contributed by atoms with van der Waals surface area (Å²) >= 11 is 7.61. The largest absolute Gasteiger partial charge is 0.486 e. The molecule has 0 bridgehead atoms. The van der Waals surface area contributed by atoms with Gasteiger partial charge < -0.3 is 20.1 Å². The summed E-state index contributed by atoms with van der Waals surface area (Å²) in [5.74, 6) is 0.656. The summed E-state index contributed by atoms with van der Waals surface area (Å²) in [5, 5.41) is 15.2. The molecule has 2 amide bonds. The summed E-state index contributed by atoms with van der Waals surface area (Å²) in [6.45, 7) is 8.38. The van der Waals surface area contributed by atoms with Crippen molar-refractivity contribution in [3.8, 4) is 5.75 Å². The second-order valence-corrected chi connectivity index (χ2v) is 8.14. The van der Waals surface area contributed by atoms with Crippen molar-refractivity contribution in [1.29, 1.82) is 0 Å². The van der Waals surface area contributed by atoms with Gasteiger partial charge >= 0.3 is 6.03 Å². The van der Waals surface area contributed by atoms with E-state index in [1.807, 2.05) is 33.8 Å². The second-order valence-electron chi connectivity index (χ2n) is 6.76. The van der Waals surface area contributed by atoms with Crippen LogP contribution in [0.25, 0.3) is 0 Å². The maximum atomic E-state index is 12.5. The molecule has 2 N–H and O–H groups in total. The third-order valence-electron chi connectivity index (χ3n) is 3.77. The van der Waals surface area contributed by atoms with E-state index in [0.29, 0.717) is 29.6 Å². The molecule has 1 heterocycles. The Morgan fingerprint density at radius 2 is 2.11 bits per heavy atom. The molecule has 0 radical (unpaired) electrons. The number of aliphatic hydroxyl groups is 1. The smallest absolute Gasteiger partial charge is 0.318 e. The van der Waals surface area contributed by atoms with Gasteiger partial charge in [0.25, 0.3) is 0 Å². The molecule has 1 aromatic heterocycles. The fraction of sp³-hybridized carbons (Fsp3) is 0.474. The van der Waals surface area contributed by atoms with Crippen LogP contribution < -0.4 is 10.1 Å². The molecule has 2 rings (SSSR count).